The van der Waals surface area contributed by atoms with Crippen LogP contribution in [0.4, 0.5) is 0 Å². The fraction of sp³-hybridized carbons (Fsp3) is 0.556. The van der Waals surface area contributed by atoms with E-state index >= 15 is 0 Å². The summed E-state index contributed by atoms with van der Waals surface area (Å²) in [5.74, 6) is 0.197. The zero-order chi connectivity index (χ0) is 12.1. The highest BCUT2D eigenvalue weighted by molar-refractivity contribution is 5.83. The molecular formula is C9H15N5O2. The predicted molar refractivity (Wildman–Crippen MR) is 56.3 cm³/mol. The summed E-state index contributed by atoms with van der Waals surface area (Å²) < 4.78 is 0. The second kappa shape index (κ2) is 5.24. The van der Waals surface area contributed by atoms with E-state index in [9.17, 15) is 9.59 Å². The Morgan fingerprint density at radius 2 is 2.31 bits per heavy atom. The van der Waals surface area contributed by atoms with Gasteiger partial charge in [-0.05, 0) is 6.92 Å². The summed E-state index contributed by atoms with van der Waals surface area (Å²) in [5.41, 5.74) is 0. The lowest BCUT2D eigenvalue weighted by Gasteiger charge is -2.16. The van der Waals surface area contributed by atoms with Gasteiger partial charge in [-0.15, -0.1) is 0 Å². The monoisotopic (exact) mass is 225 g/mol. The molecule has 7 nitrogen and oxygen atoms in total. The fourth-order valence-electron chi connectivity index (χ4n) is 1.11. The van der Waals surface area contributed by atoms with Gasteiger partial charge in [-0.2, -0.15) is 5.10 Å². The standard InChI is InChI=1S/C9H15N5O2/c1-6(9-10-5-11-13-9)12-8(16)4-14(3)7(2)15/h5-6H,4H2,1-3H3,(H,12,16)(H,10,11,13). The number of aromatic amines is 1. The number of carbonyl (C=O) groups excluding carboxylic acids is 2. The number of hydrogen-bond donors (Lipinski definition) is 2. The van der Waals surface area contributed by atoms with Gasteiger partial charge in [-0.3, -0.25) is 14.7 Å². The molecule has 2 N–H and O–H groups in total. The molecule has 0 fully saturated rings. The third kappa shape index (κ3) is 3.34. The summed E-state index contributed by atoms with van der Waals surface area (Å²) in [6.45, 7) is 3.23. The topological polar surface area (TPSA) is 91.0 Å². The lowest BCUT2D eigenvalue weighted by Crippen LogP contribution is -2.38. The largest absolute Gasteiger partial charge is 0.345 e. The van der Waals surface area contributed by atoms with Crippen molar-refractivity contribution in [3.8, 4) is 0 Å². The summed E-state index contributed by atoms with van der Waals surface area (Å²) in [5, 5.41) is 9.05. The molecule has 1 aromatic rings. The number of hydrogen-bond acceptors (Lipinski definition) is 4. The summed E-state index contributed by atoms with van der Waals surface area (Å²) >= 11 is 0. The van der Waals surface area contributed by atoms with Gasteiger partial charge in [0.05, 0.1) is 12.6 Å². The van der Waals surface area contributed by atoms with Gasteiger partial charge in [0.2, 0.25) is 11.8 Å². The second-order valence-corrected chi connectivity index (χ2v) is 3.53. The van der Waals surface area contributed by atoms with Crippen molar-refractivity contribution in [1.29, 1.82) is 0 Å². The molecule has 88 valence electrons. The predicted octanol–water partition coefficient (Wildman–Crippen LogP) is -0.540. The number of H-pyrrole nitrogens is 1. The van der Waals surface area contributed by atoms with Crippen LogP contribution in [0.25, 0.3) is 0 Å². The lowest BCUT2D eigenvalue weighted by atomic mass is 10.3. The molecule has 0 aliphatic heterocycles. The van der Waals surface area contributed by atoms with Gasteiger partial charge in [-0.1, -0.05) is 0 Å². The van der Waals surface area contributed by atoms with E-state index in [-0.39, 0.29) is 24.4 Å². The molecule has 1 unspecified atom stereocenters. The third-order valence-electron chi connectivity index (χ3n) is 2.14. The molecule has 0 aromatic carbocycles. The van der Waals surface area contributed by atoms with Crippen molar-refractivity contribution in [2.24, 2.45) is 0 Å². The van der Waals surface area contributed by atoms with Gasteiger partial charge in [-0.25, -0.2) is 4.98 Å². The van der Waals surface area contributed by atoms with Crippen molar-refractivity contribution in [3.05, 3.63) is 12.2 Å². The van der Waals surface area contributed by atoms with Crippen molar-refractivity contribution >= 4 is 11.8 Å². The van der Waals surface area contributed by atoms with Crippen LogP contribution in [-0.2, 0) is 9.59 Å². The normalized spacial score (nSPS) is 11.9. The lowest BCUT2D eigenvalue weighted by molar-refractivity contribution is -0.133. The van der Waals surface area contributed by atoms with Gasteiger partial charge in [0.15, 0.2) is 0 Å². The number of nitrogens with one attached hydrogen (secondary N) is 2. The number of rotatable bonds is 4. The molecule has 1 rings (SSSR count). The first-order valence-corrected chi connectivity index (χ1v) is 4.87. The van der Waals surface area contributed by atoms with Crippen LogP contribution < -0.4 is 5.32 Å². The highest BCUT2D eigenvalue weighted by Gasteiger charge is 2.14. The van der Waals surface area contributed by atoms with Gasteiger partial charge >= 0.3 is 0 Å². The van der Waals surface area contributed by atoms with Crippen LogP contribution >= 0.6 is 0 Å². The van der Waals surface area contributed by atoms with E-state index in [4.69, 9.17) is 0 Å². The van der Waals surface area contributed by atoms with Crippen LogP contribution in [0.3, 0.4) is 0 Å². The van der Waals surface area contributed by atoms with E-state index in [1.165, 1.54) is 18.2 Å². The minimum atomic E-state index is -0.254. The molecule has 0 spiro atoms. The van der Waals surface area contributed by atoms with E-state index in [1.54, 1.807) is 14.0 Å². The summed E-state index contributed by atoms with van der Waals surface area (Å²) in [6, 6.07) is -0.254. The number of nitrogens with zero attached hydrogens (tertiary/aromatic N) is 3. The molecule has 2 amide bonds. The van der Waals surface area contributed by atoms with Gasteiger partial charge in [0.1, 0.15) is 12.2 Å². The zero-order valence-corrected chi connectivity index (χ0v) is 9.52. The Morgan fingerprint density at radius 3 is 2.81 bits per heavy atom. The SMILES string of the molecule is CC(=O)N(C)CC(=O)NC(C)c1ncn[nH]1. The van der Waals surface area contributed by atoms with Crippen LogP contribution in [0.1, 0.15) is 25.7 Å². The van der Waals surface area contributed by atoms with Crippen LogP contribution in [0.15, 0.2) is 6.33 Å². The van der Waals surface area contributed by atoms with Crippen molar-refractivity contribution in [1.82, 2.24) is 25.4 Å². The molecular weight excluding hydrogens is 210 g/mol. The number of carbonyl (C=O) groups is 2. The molecule has 0 radical (unpaired) electrons. The van der Waals surface area contributed by atoms with Gasteiger partial charge in [0.25, 0.3) is 0 Å². The fourth-order valence-corrected chi connectivity index (χ4v) is 1.11. The van der Waals surface area contributed by atoms with Crippen molar-refractivity contribution in [3.63, 3.8) is 0 Å². The molecule has 0 saturated carbocycles. The van der Waals surface area contributed by atoms with Crippen LogP contribution in [-0.4, -0.2) is 45.5 Å². The number of likely N-dealkylation sites (N-methyl/N-ethyl adjacent to an activating group) is 1. The average Bonchev–Trinajstić information content (AvgIpc) is 2.69. The summed E-state index contributed by atoms with van der Waals surface area (Å²) in [4.78, 5) is 27.7. The highest BCUT2D eigenvalue weighted by atomic mass is 16.2. The summed E-state index contributed by atoms with van der Waals surface area (Å²) in [6.07, 6.45) is 1.37. The first-order chi connectivity index (χ1) is 7.50. The molecule has 0 bridgehead atoms. The Morgan fingerprint density at radius 1 is 1.62 bits per heavy atom. The molecule has 1 aromatic heterocycles. The molecule has 7 heteroatoms. The van der Waals surface area contributed by atoms with Crippen molar-refractivity contribution in [2.75, 3.05) is 13.6 Å². The Labute approximate surface area is 93.2 Å². The van der Waals surface area contributed by atoms with Crippen LogP contribution in [0.2, 0.25) is 0 Å². The molecule has 1 atom stereocenters. The minimum absolute atomic E-state index is 0.0355. The van der Waals surface area contributed by atoms with Gasteiger partial charge in [0, 0.05) is 14.0 Å². The highest BCUT2D eigenvalue weighted by Crippen LogP contribution is 2.03. The smallest absolute Gasteiger partial charge is 0.240 e. The maximum atomic E-state index is 11.5. The Hall–Kier alpha value is -1.92. The molecule has 16 heavy (non-hydrogen) atoms. The maximum Gasteiger partial charge on any atom is 0.240 e. The Balaban J connectivity index is 2.43. The third-order valence-corrected chi connectivity index (χ3v) is 2.14. The van der Waals surface area contributed by atoms with E-state index in [0.29, 0.717) is 5.82 Å². The van der Waals surface area contributed by atoms with Crippen molar-refractivity contribution in [2.45, 2.75) is 19.9 Å². The molecule has 0 saturated heterocycles. The van der Waals surface area contributed by atoms with Crippen molar-refractivity contribution < 1.29 is 9.59 Å². The van der Waals surface area contributed by atoms with E-state index in [1.807, 2.05) is 0 Å². The molecule has 0 aliphatic carbocycles. The van der Waals surface area contributed by atoms with Crippen LogP contribution in [0, 0.1) is 0 Å². The van der Waals surface area contributed by atoms with E-state index < -0.39 is 0 Å². The number of aromatic nitrogens is 3. The zero-order valence-electron chi connectivity index (χ0n) is 9.52. The average molecular weight is 225 g/mol. The van der Waals surface area contributed by atoms with Crippen LogP contribution in [0.5, 0.6) is 0 Å². The molecule has 0 aliphatic rings. The Kier molecular flexibility index (Phi) is 3.98. The minimum Gasteiger partial charge on any atom is -0.345 e. The first kappa shape index (κ1) is 12.2. The second-order valence-electron chi connectivity index (χ2n) is 3.53. The maximum absolute atomic E-state index is 11.5. The first-order valence-electron chi connectivity index (χ1n) is 4.87. The van der Waals surface area contributed by atoms with E-state index in [2.05, 4.69) is 20.5 Å². The quantitative estimate of drug-likeness (QED) is 0.720. The summed E-state index contributed by atoms with van der Waals surface area (Å²) in [7, 11) is 1.57. The Bertz CT molecular complexity index is 362. The number of amides is 2. The molecule has 1 heterocycles. The van der Waals surface area contributed by atoms with E-state index in [0.717, 1.165) is 0 Å². The van der Waals surface area contributed by atoms with Gasteiger partial charge < -0.3 is 10.2 Å².